The molecule has 2 nitrogen and oxygen atoms in total. The third kappa shape index (κ3) is 4.13. The Kier molecular flexibility index (Phi) is 3.43. The summed E-state index contributed by atoms with van der Waals surface area (Å²) in [4.78, 5) is 0. The van der Waals surface area contributed by atoms with E-state index in [-0.39, 0.29) is 5.54 Å². The lowest BCUT2D eigenvalue weighted by Gasteiger charge is -2.15. The van der Waals surface area contributed by atoms with Crippen LogP contribution in [0.1, 0.15) is 33.6 Å². The van der Waals surface area contributed by atoms with Crippen LogP contribution in [0.15, 0.2) is 10.2 Å². The van der Waals surface area contributed by atoms with E-state index in [2.05, 4.69) is 31.0 Å². The van der Waals surface area contributed by atoms with Gasteiger partial charge in [0, 0.05) is 7.05 Å². The fraction of sp³-hybridized carbons (Fsp3) is 1.00. The van der Waals surface area contributed by atoms with Crippen molar-refractivity contribution >= 4 is 0 Å². The fourth-order valence-corrected chi connectivity index (χ4v) is 0.933. The van der Waals surface area contributed by atoms with Crippen molar-refractivity contribution in [2.24, 2.45) is 10.2 Å². The minimum absolute atomic E-state index is 0.0590. The van der Waals surface area contributed by atoms with Crippen LogP contribution in [0.3, 0.4) is 0 Å². The van der Waals surface area contributed by atoms with Crippen molar-refractivity contribution in [3.8, 4) is 0 Å². The summed E-state index contributed by atoms with van der Waals surface area (Å²) in [6, 6.07) is 0. The summed E-state index contributed by atoms with van der Waals surface area (Å²) in [6.45, 7) is 6.36. The molecule has 0 fully saturated rings. The van der Waals surface area contributed by atoms with Gasteiger partial charge in [-0.2, -0.15) is 10.2 Å². The summed E-state index contributed by atoms with van der Waals surface area (Å²) in [6.07, 6.45) is 2.29. The Morgan fingerprint density at radius 1 is 1.33 bits per heavy atom. The van der Waals surface area contributed by atoms with Gasteiger partial charge in [0.15, 0.2) is 0 Å². The number of rotatable bonds is 3. The van der Waals surface area contributed by atoms with E-state index in [1.54, 1.807) is 7.05 Å². The predicted molar refractivity (Wildman–Crippen MR) is 39.8 cm³/mol. The summed E-state index contributed by atoms with van der Waals surface area (Å²) in [5.74, 6) is 0. The highest BCUT2D eigenvalue weighted by atomic mass is 15.1. The zero-order chi connectivity index (χ0) is 7.33. The molecule has 0 saturated heterocycles. The van der Waals surface area contributed by atoms with Gasteiger partial charge in [-0.3, -0.25) is 0 Å². The lowest BCUT2D eigenvalue weighted by Crippen LogP contribution is -2.14. The molecule has 0 aliphatic heterocycles. The monoisotopic (exact) mass is 128 g/mol. The molecule has 0 unspecified atom stereocenters. The first kappa shape index (κ1) is 8.60. The van der Waals surface area contributed by atoms with Gasteiger partial charge in [0.2, 0.25) is 0 Å². The van der Waals surface area contributed by atoms with Gasteiger partial charge in [-0.1, -0.05) is 13.3 Å². The smallest absolute Gasteiger partial charge is 0.0759 e. The van der Waals surface area contributed by atoms with Crippen LogP contribution >= 0.6 is 0 Å². The zero-order valence-corrected chi connectivity index (χ0v) is 6.81. The molecule has 0 aliphatic rings. The van der Waals surface area contributed by atoms with Crippen LogP contribution in [-0.4, -0.2) is 12.6 Å². The molecule has 0 aromatic carbocycles. The average molecular weight is 128 g/mol. The summed E-state index contributed by atoms with van der Waals surface area (Å²) >= 11 is 0. The molecular weight excluding hydrogens is 112 g/mol. The molecule has 0 heterocycles. The lowest BCUT2D eigenvalue weighted by molar-refractivity contribution is 0.450. The molecule has 0 radical (unpaired) electrons. The molecule has 0 aromatic heterocycles. The maximum absolute atomic E-state index is 4.07. The minimum atomic E-state index is 0.0590. The van der Waals surface area contributed by atoms with Crippen LogP contribution < -0.4 is 0 Å². The van der Waals surface area contributed by atoms with Crippen molar-refractivity contribution in [1.29, 1.82) is 0 Å². The first-order valence-corrected chi connectivity index (χ1v) is 3.43. The van der Waals surface area contributed by atoms with Crippen LogP contribution in [0.4, 0.5) is 0 Å². The van der Waals surface area contributed by atoms with E-state index in [1.165, 1.54) is 6.42 Å². The molecule has 9 heavy (non-hydrogen) atoms. The van der Waals surface area contributed by atoms with Crippen LogP contribution in [0, 0.1) is 0 Å². The largest absolute Gasteiger partial charge is 0.197 e. The quantitative estimate of drug-likeness (QED) is 0.522. The molecule has 0 rings (SSSR count). The average Bonchev–Trinajstić information content (AvgIpc) is 1.64. The fourth-order valence-electron chi connectivity index (χ4n) is 0.933. The van der Waals surface area contributed by atoms with Crippen molar-refractivity contribution < 1.29 is 0 Å². The molecule has 0 atom stereocenters. The number of nitrogens with zero attached hydrogens (tertiary/aromatic N) is 2. The summed E-state index contributed by atoms with van der Waals surface area (Å²) in [5, 5.41) is 7.82. The van der Waals surface area contributed by atoms with Crippen LogP contribution in [-0.2, 0) is 0 Å². The van der Waals surface area contributed by atoms with Crippen LogP contribution in [0.2, 0.25) is 0 Å². The molecule has 0 spiro atoms. The van der Waals surface area contributed by atoms with Gasteiger partial charge in [-0.05, 0) is 20.3 Å². The molecule has 0 aliphatic carbocycles. The summed E-state index contributed by atoms with van der Waals surface area (Å²) in [7, 11) is 1.72. The second kappa shape index (κ2) is 3.59. The highest BCUT2D eigenvalue weighted by molar-refractivity contribution is 4.73. The number of hydrogen-bond donors (Lipinski definition) is 0. The summed E-state index contributed by atoms with van der Waals surface area (Å²) in [5.41, 5.74) is 0.0590. The van der Waals surface area contributed by atoms with Gasteiger partial charge in [0.1, 0.15) is 0 Å². The first-order valence-electron chi connectivity index (χ1n) is 3.43. The second-order valence-corrected chi connectivity index (χ2v) is 2.86. The zero-order valence-electron chi connectivity index (χ0n) is 6.81. The lowest BCUT2D eigenvalue weighted by atomic mass is 10.0. The van der Waals surface area contributed by atoms with Crippen molar-refractivity contribution in [3.05, 3.63) is 0 Å². The number of hydrogen-bond acceptors (Lipinski definition) is 2. The molecular formula is C7H16N2. The van der Waals surface area contributed by atoms with E-state index in [1.807, 2.05) is 0 Å². The third-order valence-electron chi connectivity index (χ3n) is 1.23. The molecule has 0 bridgehead atoms. The molecule has 2 heteroatoms. The Morgan fingerprint density at radius 2 is 1.89 bits per heavy atom. The molecule has 0 N–H and O–H groups in total. The van der Waals surface area contributed by atoms with Crippen molar-refractivity contribution in [1.82, 2.24) is 0 Å². The van der Waals surface area contributed by atoms with Gasteiger partial charge >= 0.3 is 0 Å². The molecule has 0 amide bonds. The van der Waals surface area contributed by atoms with Crippen molar-refractivity contribution in [2.45, 2.75) is 39.2 Å². The maximum atomic E-state index is 4.07. The predicted octanol–water partition coefficient (Wildman–Crippen LogP) is 2.65. The van der Waals surface area contributed by atoms with E-state index in [4.69, 9.17) is 0 Å². The Bertz CT molecular complexity index is 95.1. The Hall–Kier alpha value is -0.400. The van der Waals surface area contributed by atoms with Gasteiger partial charge < -0.3 is 0 Å². The van der Waals surface area contributed by atoms with E-state index in [9.17, 15) is 0 Å². The van der Waals surface area contributed by atoms with Crippen LogP contribution in [0.5, 0.6) is 0 Å². The standard InChI is InChI=1S/C7H16N2/c1-5-6-7(2,3)9-8-4/h5-6H2,1-4H3. The maximum Gasteiger partial charge on any atom is 0.0759 e. The van der Waals surface area contributed by atoms with E-state index in [0.717, 1.165) is 6.42 Å². The highest BCUT2D eigenvalue weighted by Crippen LogP contribution is 2.15. The normalized spacial score (nSPS) is 12.9. The van der Waals surface area contributed by atoms with Crippen molar-refractivity contribution in [3.63, 3.8) is 0 Å². The molecule has 54 valence electrons. The second-order valence-electron chi connectivity index (χ2n) is 2.86. The van der Waals surface area contributed by atoms with E-state index in [0.29, 0.717) is 0 Å². The summed E-state index contributed by atoms with van der Waals surface area (Å²) < 4.78 is 0. The first-order chi connectivity index (χ1) is 4.12. The minimum Gasteiger partial charge on any atom is -0.197 e. The van der Waals surface area contributed by atoms with Gasteiger partial charge in [-0.25, -0.2) is 0 Å². The molecule has 0 aromatic rings. The number of azo groups is 1. The van der Waals surface area contributed by atoms with Gasteiger partial charge in [0.25, 0.3) is 0 Å². The van der Waals surface area contributed by atoms with Gasteiger partial charge in [-0.15, -0.1) is 0 Å². The topological polar surface area (TPSA) is 24.7 Å². The Morgan fingerprint density at radius 3 is 2.22 bits per heavy atom. The van der Waals surface area contributed by atoms with E-state index < -0.39 is 0 Å². The van der Waals surface area contributed by atoms with E-state index >= 15 is 0 Å². The highest BCUT2D eigenvalue weighted by Gasteiger charge is 2.13. The van der Waals surface area contributed by atoms with Crippen molar-refractivity contribution in [2.75, 3.05) is 7.05 Å². The Balaban J connectivity index is 3.70. The molecule has 0 saturated carbocycles. The van der Waals surface area contributed by atoms with Crippen LogP contribution in [0.25, 0.3) is 0 Å². The Labute approximate surface area is 57.4 Å². The third-order valence-corrected chi connectivity index (χ3v) is 1.23. The van der Waals surface area contributed by atoms with Gasteiger partial charge in [0.05, 0.1) is 5.54 Å². The SMILES string of the molecule is CCCC(C)(C)N=NC.